The van der Waals surface area contributed by atoms with Crippen LogP contribution in [0, 0.1) is 17.0 Å². The van der Waals surface area contributed by atoms with E-state index in [0.717, 1.165) is 17.5 Å². The number of hydrogen-bond donors (Lipinski definition) is 0. The normalized spacial score (nSPS) is 22.1. The van der Waals surface area contributed by atoms with Crippen LogP contribution in [0.3, 0.4) is 0 Å². The molecule has 1 heterocycles. The standard InChI is InChI=1S/C18H26N2O3/c1-11(2)23-18-10-16(12(3)7-17(18)20(21)22)15-8-13(4)19(6)14(5)9-15/h7-8,10-11,13-14H,9H2,1-6H3. The molecule has 5 heteroatoms. The number of aryl methyl sites for hydroxylation is 1. The van der Waals surface area contributed by atoms with E-state index in [9.17, 15) is 10.1 Å². The molecule has 0 amide bonds. The Morgan fingerprint density at radius 2 is 2.00 bits per heavy atom. The fourth-order valence-corrected chi connectivity index (χ4v) is 3.05. The highest BCUT2D eigenvalue weighted by atomic mass is 16.6. The van der Waals surface area contributed by atoms with E-state index in [1.54, 1.807) is 6.07 Å². The maximum atomic E-state index is 11.3. The van der Waals surface area contributed by atoms with Crippen molar-refractivity contribution >= 4 is 11.3 Å². The van der Waals surface area contributed by atoms with E-state index >= 15 is 0 Å². The monoisotopic (exact) mass is 318 g/mol. The fourth-order valence-electron chi connectivity index (χ4n) is 3.05. The fraction of sp³-hybridized carbons (Fsp3) is 0.556. The lowest BCUT2D eigenvalue weighted by atomic mass is 9.89. The van der Waals surface area contributed by atoms with Crippen molar-refractivity contribution in [3.05, 3.63) is 39.4 Å². The molecule has 1 aromatic rings. The van der Waals surface area contributed by atoms with Gasteiger partial charge >= 0.3 is 5.69 Å². The predicted molar refractivity (Wildman–Crippen MR) is 92.9 cm³/mol. The molecule has 0 radical (unpaired) electrons. The molecule has 2 atom stereocenters. The molecule has 5 nitrogen and oxygen atoms in total. The van der Waals surface area contributed by atoms with Crippen LogP contribution in [0.2, 0.25) is 0 Å². The van der Waals surface area contributed by atoms with Crippen LogP contribution in [0.1, 0.15) is 45.2 Å². The summed E-state index contributed by atoms with van der Waals surface area (Å²) >= 11 is 0. The van der Waals surface area contributed by atoms with E-state index in [-0.39, 0.29) is 16.7 Å². The molecule has 0 aliphatic carbocycles. The van der Waals surface area contributed by atoms with Gasteiger partial charge in [0.1, 0.15) is 0 Å². The Kier molecular flexibility index (Phi) is 5.09. The van der Waals surface area contributed by atoms with Crippen molar-refractivity contribution in [1.82, 2.24) is 4.90 Å². The Morgan fingerprint density at radius 3 is 2.52 bits per heavy atom. The van der Waals surface area contributed by atoms with Crippen LogP contribution in [-0.2, 0) is 0 Å². The molecule has 0 spiro atoms. The second-order valence-corrected chi connectivity index (χ2v) is 6.71. The lowest BCUT2D eigenvalue weighted by Crippen LogP contribution is -2.39. The summed E-state index contributed by atoms with van der Waals surface area (Å²) in [6.07, 6.45) is 3.07. The van der Waals surface area contributed by atoms with Gasteiger partial charge in [0.25, 0.3) is 0 Å². The van der Waals surface area contributed by atoms with Crippen LogP contribution in [0.15, 0.2) is 18.2 Å². The summed E-state index contributed by atoms with van der Waals surface area (Å²) in [7, 11) is 2.12. The van der Waals surface area contributed by atoms with Crippen molar-refractivity contribution in [2.24, 2.45) is 0 Å². The van der Waals surface area contributed by atoms with Crippen LogP contribution < -0.4 is 4.74 Å². The van der Waals surface area contributed by atoms with Gasteiger partial charge in [-0.2, -0.15) is 0 Å². The molecule has 0 N–H and O–H groups in total. The number of nitrogens with zero attached hydrogens (tertiary/aromatic N) is 2. The van der Waals surface area contributed by atoms with Crippen LogP contribution in [0.25, 0.3) is 5.57 Å². The first-order chi connectivity index (χ1) is 10.7. The third-order valence-electron chi connectivity index (χ3n) is 4.51. The minimum Gasteiger partial charge on any atom is -0.484 e. The van der Waals surface area contributed by atoms with E-state index in [1.165, 1.54) is 5.57 Å². The number of nitro groups is 1. The van der Waals surface area contributed by atoms with Crippen molar-refractivity contribution in [2.75, 3.05) is 7.05 Å². The smallest absolute Gasteiger partial charge is 0.311 e. The molecule has 1 aliphatic rings. The Balaban J connectivity index is 2.51. The zero-order valence-electron chi connectivity index (χ0n) is 14.8. The van der Waals surface area contributed by atoms with Gasteiger partial charge in [-0.15, -0.1) is 0 Å². The molecule has 0 saturated carbocycles. The van der Waals surface area contributed by atoms with Crippen molar-refractivity contribution in [3.63, 3.8) is 0 Å². The van der Waals surface area contributed by atoms with Crippen LogP contribution in [0.4, 0.5) is 5.69 Å². The average molecular weight is 318 g/mol. The molecule has 2 rings (SSSR count). The molecular weight excluding hydrogens is 292 g/mol. The second-order valence-electron chi connectivity index (χ2n) is 6.71. The quantitative estimate of drug-likeness (QED) is 0.617. The number of likely N-dealkylation sites (N-methyl/N-ethyl adjacent to an activating group) is 1. The lowest BCUT2D eigenvalue weighted by Gasteiger charge is -2.35. The Morgan fingerprint density at radius 1 is 1.35 bits per heavy atom. The van der Waals surface area contributed by atoms with E-state index in [4.69, 9.17) is 4.74 Å². The minimum absolute atomic E-state index is 0.0366. The number of rotatable bonds is 4. The highest BCUT2D eigenvalue weighted by Crippen LogP contribution is 2.37. The van der Waals surface area contributed by atoms with Gasteiger partial charge in [0.15, 0.2) is 5.75 Å². The van der Waals surface area contributed by atoms with E-state index in [2.05, 4.69) is 31.9 Å². The Hall–Kier alpha value is -1.88. The molecule has 0 aromatic heterocycles. The third-order valence-corrected chi connectivity index (χ3v) is 4.51. The Labute approximate surface area is 138 Å². The molecule has 1 aliphatic heterocycles. The summed E-state index contributed by atoms with van der Waals surface area (Å²) in [6.45, 7) is 10.1. The Bertz CT molecular complexity index is 637. The maximum absolute atomic E-state index is 11.3. The number of benzene rings is 1. The van der Waals surface area contributed by atoms with Gasteiger partial charge in [0, 0.05) is 18.2 Å². The minimum atomic E-state index is -0.372. The summed E-state index contributed by atoms with van der Waals surface area (Å²) in [5.74, 6) is 0.353. The first-order valence-electron chi connectivity index (χ1n) is 8.09. The highest BCUT2D eigenvalue weighted by Gasteiger charge is 2.25. The molecule has 23 heavy (non-hydrogen) atoms. The van der Waals surface area contributed by atoms with E-state index < -0.39 is 0 Å². The van der Waals surface area contributed by atoms with Gasteiger partial charge in [-0.3, -0.25) is 15.0 Å². The molecule has 0 bridgehead atoms. The SMILES string of the molecule is Cc1cc([N+](=O)[O-])c(OC(C)C)cc1C1=CC(C)N(C)C(C)C1. The van der Waals surface area contributed by atoms with E-state index in [1.807, 2.05) is 26.8 Å². The van der Waals surface area contributed by atoms with Gasteiger partial charge in [-0.25, -0.2) is 0 Å². The first kappa shape index (κ1) is 17.5. The molecule has 2 unspecified atom stereocenters. The lowest BCUT2D eigenvalue weighted by molar-refractivity contribution is -0.386. The van der Waals surface area contributed by atoms with Crippen molar-refractivity contribution in [3.8, 4) is 5.75 Å². The second kappa shape index (κ2) is 6.71. The summed E-state index contributed by atoms with van der Waals surface area (Å²) < 4.78 is 5.69. The van der Waals surface area contributed by atoms with Crippen molar-refractivity contribution < 1.29 is 9.66 Å². The largest absolute Gasteiger partial charge is 0.484 e. The number of nitro benzene ring substituents is 1. The zero-order valence-corrected chi connectivity index (χ0v) is 14.8. The van der Waals surface area contributed by atoms with E-state index in [0.29, 0.717) is 17.8 Å². The van der Waals surface area contributed by atoms with Gasteiger partial charge < -0.3 is 4.74 Å². The number of ether oxygens (including phenoxy) is 1. The highest BCUT2D eigenvalue weighted by molar-refractivity contribution is 5.73. The molecule has 0 saturated heterocycles. The number of hydrogen-bond acceptors (Lipinski definition) is 4. The summed E-state index contributed by atoms with van der Waals surface area (Å²) in [4.78, 5) is 13.3. The predicted octanol–water partition coefficient (Wildman–Crippen LogP) is 4.19. The van der Waals surface area contributed by atoms with Crippen molar-refractivity contribution in [1.29, 1.82) is 0 Å². The summed E-state index contributed by atoms with van der Waals surface area (Å²) in [6, 6.07) is 4.25. The molecular formula is C18H26N2O3. The van der Waals surface area contributed by atoms with Gasteiger partial charge in [0.2, 0.25) is 0 Å². The van der Waals surface area contributed by atoms with Gasteiger partial charge in [-0.05, 0) is 70.9 Å². The van der Waals surface area contributed by atoms with Crippen molar-refractivity contribution in [2.45, 2.75) is 59.2 Å². The maximum Gasteiger partial charge on any atom is 0.311 e. The average Bonchev–Trinajstić information content (AvgIpc) is 2.45. The molecule has 1 aromatic carbocycles. The topological polar surface area (TPSA) is 55.6 Å². The zero-order chi connectivity index (χ0) is 17.3. The van der Waals surface area contributed by atoms with Crippen LogP contribution in [0.5, 0.6) is 5.75 Å². The van der Waals surface area contributed by atoms with Crippen LogP contribution >= 0.6 is 0 Å². The van der Waals surface area contributed by atoms with Crippen LogP contribution in [-0.4, -0.2) is 35.1 Å². The molecule has 126 valence electrons. The molecule has 0 fully saturated rings. The van der Waals surface area contributed by atoms with Gasteiger partial charge in [0.05, 0.1) is 11.0 Å². The summed E-state index contributed by atoms with van der Waals surface area (Å²) in [5.41, 5.74) is 3.25. The first-order valence-corrected chi connectivity index (χ1v) is 8.09. The third kappa shape index (κ3) is 3.72. The summed E-state index contributed by atoms with van der Waals surface area (Å²) in [5, 5.41) is 11.3. The van der Waals surface area contributed by atoms with Gasteiger partial charge in [-0.1, -0.05) is 6.08 Å².